The van der Waals surface area contributed by atoms with Crippen LogP contribution in [0.2, 0.25) is 10.0 Å². The number of aryl methyl sites for hydroxylation is 1. The molecule has 5 rings (SSSR count). The summed E-state index contributed by atoms with van der Waals surface area (Å²) in [4.78, 5) is 20.1. The molecule has 9 heteroatoms. The minimum Gasteiger partial charge on any atom is -0.309 e. The van der Waals surface area contributed by atoms with E-state index in [-0.39, 0.29) is 5.56 Å². The van der Waals surface area contributed by atoms with Crippen LogP contribution in [0.3, 0.4) is 0 Å². The van der Waals surface area contributed by atoms with Gasteiger partial charge in [-0.1, -0.05) is 65.3 Å². The van der Waals surface area contributed by atoms with Crippen molar-refractivity contribution in [3.05, 3.63) is 98.5 Å². The molecule has 0 spiro atoms. The number of H-pyrrole nitrogens is 1. The molecule has 0 saturated carbocycles. The molecule has 5 aromatic rings. The molecular formula is C24H17Cl2N5OS. The number of aromatic amines is 1. The maximum Gasteiger partial charge on any atom is 0.258 e. The number of halogens is 2. The first-order chi connectivity index (χ1) is 16.0. The van der Waals surface area contributed by atoms with E-state index in [9.17, 15) is 4.79 Å². The standard InChI is InChI=1S/C24H17Cl2N5OS/c1-14-6-5-9-18-21(14)27-20(28-23(18)32)13-33-24-30-29-22(17-11-10-15(25)12-19(17)26)31(24)16-7-3-2-4-8-16/h2-12H,13H2,1H3,(H,27,28,32). The van der Waals surface area contributed by atoms with Gasteiger partial charge in [0.1, 0.15) is 5.82 Å². The van der Waals surface area contributed by atoms with Gasteiger partial charge in [0.2, 0.25) is 0 Å². The molecule has 0 fully saturated rings. The lowest BCUT2D eigenvalue weighted by atomic mass is 10.1. The first-order valence-electron chi connectivity index (χ1n) is 10.1. The highest BCUT2D eigenvalue weighted by atomic mass is 35.5. The van der Waals surface area contributed by atoms with Gasteiger partial charge in [0.15, 0.2) is 11.0 Å². The molecule has 6 nitrogen and oxygen atoms in total. The zero-order chi connectivity index (χ0) is 22.9. The molecule has 2 aromatic heterocycles. The Kier molecular flexibility index (Phi) is 5.93. The average Bonchev–Trinajstić information content (AvgIpc) is 3.22. The molecule has 0 amide bonds. The predicted octanol–water partition coefficient (Wildman–Crippen LogP) is 6.08. The van der Waals surface area contributed by atoms with E-state index < -0.39 is 0 Å². The van der Waals surface area contributed by atoms with Crippen molar-refractivity contribution in [2.75, 3.05) is 0 Å². The normalized spacial score (nSPS) is 11.2. The fourth-order valence-corrected chi connectivity index (χ4v) is 4.89. The van der Waals surface area contributed by atoms with E-state index in [0.29, 0.717) is 43.5 Å². The van der Waals surface area contributed by atoms with E-state index >= 15 is 0 Å². The molecule has 0 aliphatic heterocycles. The van der Waals surface area contributed by atoms with E-state index in [4.69, 9.17) is 23.2 Å². The fourth-order valence-electron chi connectivity index (χ4n) is 3.57. The molecule has 1 N–H and O–H groups in total. The first kappa shape index (κ1) is 21.7. The monoisotopic (exact) mass is 493 g/mol. The third-order valence-corrected chi connectivity index (χ3v) is 6.63. The Bertz CT molecular complexity index is 1530. The summed E-state index contributed by atoms with van der Waals surface area (Å²) < 4.78 is 1.93. The zero-order valence-electron chi connectivity index (χ0n) is 17.4. The summed E-state index contributed by atoms with van der Waals surface area (Å²) >= 11 is 14.0. The van der Waals surface area contributed by atoms with E-state index in [1.165, 1.54) is 11.8 Å². The molecule has 3 aromatic carbocycles. The smallest absolute Gasteiger partial charge is 0.258 e. The van der Waals surface area contributed by atoms with Crippen molar-refractivity contribution in [1.82, 2.24) is 24.7 Å². The number of aromatic nitrogens is 5. The van der Waals surface area contributed by atoms with Crippen LogP contribution in [-0.2, 0) is 5.75 Å². The Morgan fingerprint density at radius 3 is 2.61 bits per heavy atom. The van der Waals surface area contributed by atoms with Crippen LogP contribution in [0.4, 0.5) is 0 Å². The predicted molar refractivity (Wildman–Crippen MR) is 133 cm³/mol. The first-order valence-corrected chi connectivity index (χ1v) is 11.8. The van der Waals surface area contributed by atoms with Gasteiger partial charge in [0.25, 0.3) is 5.56 Å². The van der Waals surface area contributed by atoms with Crippen LogP contribution in [0.15, 0.2) is 76.7 Å². The molecule has 0 radical (unpaired) electrons. The molecule has 0 saturated heterocycles. The van der Waals surface area contributed by atoms with Crippen LogP contribution >= 0.6 is 35.0 Å². The van der Waals surface area contributed by atoms with Crippen molar-refractivity contribution >= 4 is 45.9 Å². The summed E-state index contributed by atoms with van der Waals surface area (Å²) in [5, 5.41) is 11.1. The summed E-state index contributed by atoms with van der Waals surface area (Å²) in [7, 11) is 0. The highest BCUT2D eigenvalue weighted by Gasteiger charge is 2.19. The quantitative estimate of drug-likeness (QED) is 0.300. The molecule has 33 heavy (non-hydrogen) atoms. The topological polar surface area (TPSA) is 76.5 Å². The Balaban J connectivity index is 1.55. The van der Waals surface area contributed by atoms with Gasteiger partial charge < -0.3 is 4.98 Å². The third kappa shape index (κ3) is 4.27. The summed E-state index contributed by atoms with van der Waals surface area (Å²) in [6.45, 7) is 1.94. The van der Waals surface area contributed by atoms with Crippen LogP contribution < -0.4 is 5.56 Å². The van der Waals surface area contributed by atoms with E-state index in [0.717, 1.165) is 16.8 Å². The minimum absolute atomic E-state index is 0.155. The van der Waals surface area contributed by atoms with Crippen LogP contribution in [0.5, 0.6) is 0 Å². The molecule has 164 valence electrons. The summed E-state index contributed by atoms with van der Waals surface area (Å²) in [5.74, 6) is 1.58. The molecule has 0 aliphatic carbocycles. The number of hydrogen-bond acceptors (Lipinski definition) is 5. The van der Waals surface area contributed by atoms with Gasteiger partial charge in [-0.15, -0.1) is 10.2 Å². The van der Waals surface area contributed by atoms with Crippen LogP contribution in [0, 0.1) is 6.92 Å². The number of rotatable bonds is 5. The Labute approximate surface area is 203 Å². The van der Waals surface area contributed by atoms with Gasteiger partial charge in [0.05, 0.1) is 21.7 Å². The van der Waals surface area contributed by atoms with Crippen molar-refractivity contribution in [3.63, 3.8) is 0 Å². The number of benzene rings is 3. The molecule has 0 aliphatic rings. The van der Waals surface area contributed by atoms with Crippen LogP contribution in [0.25, 0.3) is 28.0 Å². The second-order valence-corrected chi connectivity index (χ2v) is 9.16. The lowest BCUT2D eigenvalue weighted by Crippen LogP contribution is -2.12. The minimum atomic E-state index is -0.155. The Morgan fingerprint density at radius 2 is 1.82 bits per heavy atom. The van der Waals surface area contributed by atoms with Crippen molar-refractivity contribution in [2.24, 2.45) is 0 Å². The van der Waals surface area contributed by atoms with Crippen molar-refractivity contribution in [1.29, 1.82) is 0 Å². The largest absolute Gasteiger partial charge is 0.309 e. The maximum absolute atomic E-state index is 12.5. The Morgan fingerprint density at radius 1 is 1.00 bits per heavy atom. The number of nitrogens with zero attached hydrogens (tertiary/aromatic N) is 4. The fraction of sp³-hybridized carbons (Fsp3) is 0.0833. The number of fused-ring (bicyclic) bond motifs is 1. The van der Waals surface area contributed by atoms with Crippen LogP contribution in [-0.4, -0.2) is 24.7 Å². The average molecular weight is 494 g/mol. The van der Waals surface area contributed by atoms with Crippen molar-refractivity contribution in [2.45, 2.75) is 17.8 Å². The van der Waals surface area contributed by atoms with Gasteiger partial charge >= 0.3 is 0 Å². The molecule has 0 atom stereocenters. The van der Waals surface area contributed by atoms with Crippen LogP contribution in [0.1, 0.15) is 11.4 Å². The summed E-state index contributed by atoms with van der Waals surface area (Å²) in [5.41, 5.74) is 3.11. The van der Waals surface area contributed by atoms with E-state index in [2.05, 4.69) is 20.2 Å². The summed E-state index contributed by atoms with van der Waals surface area (Å²) in [6.07, 6.45) is 0. The van der Waals surface area contributed by atoms with E-state index in [1.54, 1.807) is 18.2 Å². The zero-order valence-corrected chi connectivity index (χ0v) is 19.7. The third-order valence-electron chi connectivity index (χ3n) is 5.14. The Hall–Kier alpha value is -3.13. The SMILES string of the molecule is Cc1cccc2c(=O)[nH]c(CSc3nnc(-c4ccc(Cl)cc4Cl)n3-c3ccccc3)nc12. The highest BCUT2D eigenvalue weighted by Crippen LogP contribution is 2.34. The van der Waals surface area contributed by atoms with Crippen molar-refractivity contribution < 1.29 is 0 Å². The second kappa shape index (κ2) is 9.02. The number of hydrogen-bond donors (Lipinski definition) is 1. The van der Waals surface area contributed by atoms with Gasteiger partial charge in [-0.2, -0.15) is 0 Å². The molecular weight excluding hydrogens is 477 g/mol. The maximum atomic E-state index is 12.5. The van der Waals surface area contributed by atoms with E-state index in [1.807, 2.05) is 60.0 Å². The number of para-hydroxylation sites is 2. The van der Waals surface area contributed by atoms with Gasteiger partial charge in [-0.3, -0.25) is 9.36 Å². The summed E-state index contributed by atoms with van der Waals surface area (Å²) in [6, 6.07) is 20.6. The van der Waals surface area contributed by atoms with Gasteiger partial charge in [0, 0.05) is 16.3 Å². The molecule has 0 unspecified atom stereocenters. The van der Waals surface area contributed by atoms with Gasteiger partial charge in [-0.05, 0) is 48.9 Å². The van der Waals surface area contributed by atoms with Gasteiger partial charge in [-0.25, -0.2) is 4.98 Å². The molecule has 0 bridgehead atoms. The number of nitrogens with one attached hydrogen (secondary N) is 1. The number of thioether (sulfide) groups is 1. The molecule has 2 heterocycles. The lowest BCUT2D eigenvalue weighted by Gasteiger charge is -2.11. The lowest BCUT2D eigenvalue weighted by molar-refractivity contribution is 0.883. The van der Waals surface area contributed by atoms with Crippen molar-refractivity contribution in [3.8, 4) is 17.1 Å². The second-order valence-electron chi connectivity index (χ2n) is 7.37. The highest BCUT2D eigenvalue weighted by molar-refractivity contribution is 7.98.